The monoisotopic (exact) mass is 307 g/mol. The number of halogens is 1. The highest BCUT2D eigenvalue weighted by Crippen LogP contribution is 2.29. The topological polar surface area (TPSA) is 49.8 Å². The first-order valence-electron chi connectivity index (χ1n) is 4.74. The Morgan fingerprint density at radius 2 is 2.38 bits per heavy atom. The molecule has 4 nitrogen and oxygen atoms in total. The van der Waals surface area contributed by atoms with Crippen molar-refractivity contribution < 1.29 is 14.6 Å². The molecule has 0 radical (unpaired) electrons. The Kier molecular flexibility index (Phi) is 5.24. The minimum Gasteiger partial charge on any atom is -0.469 e. The zero-order valence-electron chi connectivity index (χ0n) is 9.14. The van der Waals surface area contributed by atoms with Gasteiger partial charge >= 0.3 is 5.97 Å². The maximum Gasteiger partial charge on any atom is 0.308 e. The molecule has 0 bridgehead atoms. The first-order chi connectivity index (χ1) is 7.52. The van der Waals surface area contributed by atoms with E-state index < -0.39 is 12.1 Å². The number of anilines is 1. The molecule has 16 heavy (non-hydrogen) atoms. The van der Waals surface area contributed by atoms with E-state index in [4.69, 9.17) is 0 Å². The average Bonchev–Trinajstić information content (AvgIpc) is 2.64. The Labute approximate surface area is 107 Å². The second kappa shape index (κ2) is 6.22. The predicted octanol–water partition coefficient (Wildman–Crippen LogP) is 1.87. The summed E-state index contributed by atoms with van der Waals surface area (Å²) in [5.41, 5.74) is 0. The SMILES string of the molecule is COC(=O)CC(O)CN(C)c1ccc(Br)s1. The average molecular weight is 308 g/mol. The lowest BCUT2D eigenvalue weighted by molar-refractivity contribution is -0.142. The van der Waals surface area contributed by atoms with Gasteiger partial charge in [0.25, 0.3) is 0 Å². The second-order valence-corrected chi connectivity index (χ2v) is 5.83. The highest BCUT2D eigenvalue weighted by Gasteiger charge is 2.14. The van der Waals surface area contributed by atoms with Crippen LogP contribution in [0.25, 0.3) is 0 Å². The van der Waals surface area contributed by atoms with Crippen molar-refractivity contribution in [3.63, 3.8) is 0 Å². The van der Waals surface area contributed by atoms with Crippen molar-refractivity contribution in [1.29, 1.82) is 0 Å². The molecule has 0 aromatic carbocycles. The van der Waals surface area contributed by atoms with E-state index in [9.17, 15) is 9.90 Å². The Morgan fingerprint density at radius 3 is 2.88 bits per heavy atom. The van der Waals surface area contributed by atoms with Gasteiger partial charge in [0, 0.05) is 13.6 Å². The zero-order chi connectivity index (χ0) is 12.1. The van der Waals surface area contributed by atoms with Crippen molar-refractivity contribution in [2.24, 2.45) is 0 Å². The molecule has 1 aromatic rings. The lowest BCUT2D eigenvalue weighted by Crippen LogP contribution is -2.30. The van der Waals surface area contributed by atoms with E-state index in [1.165, 1.54) is 7.11 Å². The first kappa shape index (κ1) is 13.5. The van der Waals surface area contributed by atoms with Crippen LogP contribution in [0.2, 0.25) is 0 Å². The Morgan fingerprint density at radius 1 is 1.69 bits per heavy atom. The minimum absolute atomic E-state index is 0.0212. The van der Waals surface area contributed by atoms with Crippen LogP contribution >= 0.6 is 27.3 Å². The van der Waals surface area contributed by atoms with Gasteiger partial charge in [-0.3, -0.25) is 4.79 Å². The van der Waals surface area contributed by atoms with Crippen LogP contribution in [0.4, 0.5) is 5.00 Å². The third kappa shape index (κ3) is 4.11. The van der Waals surface area contributed by atoms with E-state index in [0.717, 1.165) is 8.79 Å². The van der Waals surface area contributed by atoms with Gasteiger partial charge in [-0.25, -0.2) is 0 Å². The maximum atomic E-state index is 10.9. The third-order valence-electron chi connectivity index (χ3n) is 2.05. The molecule has 90 valence electrons. The summed E-state index contributed by atoms with van der Waals surface area (Å²) in [6, 6.07) is 3.91. The molecule has 0 saturated heterocycles. The molecule has 0 fully saturated rings. The van der Waals surface area contributed by atoms with Gasteiger partial charge in [-0.2, -0.15) is 0 Å². The lowest BCUT2D eigenvalue weighted by atomic mass is 10.2. The van der Waals surface area contributed by atoms with Crippen LogP contribution in [0.3, 0.4) is 0 Å². The number of methoxy groups -OCH3 is 1. The van der Waals surface area contributed by atoms with Crippen molar-refractivity contribution in [2.45, 2.75) is 12.5 Å². The zero-order valence-corrected chi connectivity index (χ0v) is 11.5. The molecular weight excluding hydrogens is 294 g/mol. The van der Waals surface area contributed by atoms with Gasteiger partial charge in [-0.15, -0.1) is 11.3 Å². The first-order valence-corrected chi connectivity index (χ1v) is 6.35. The van der Waals surface area contributed by atoms with E-state index in [1.807, 2.05) is 24.1 Å². The number of hydrogen-bond acceptors (Lipinski definition) is 5. The maximum absolute atomic E-state index is 10.9. The molecule has 1 atom stereocenters. The van der Waals surface area contributed by atoms with Crippen LogP contribution in [-0.2, 0) is 9.53 Å². The molecule has 0 amide bonds. The molecule has 1 aromatic heterocycles. The number of aliphatic hydroxyl groups is 1. The van der Waals surface area contributed by atoms with Crippen LogP contribution in [0.15, 0.2) is 15.9 Å². The fourth-order valence-electron chi connectivity index (χ4n) is 1.26. The number of thiophene rings is 1. The fraction of sp³-hybridized carbons (Fsp3) is 0.500. The van der Waals surface area contributed by atoms with Gasteiger partial charge in [-0.05, 0) is 28.1 Å². The highest BCUT2D eigenvalue weighted by atomic mass is 79.9. The van der Waals surface area contributed by atoms with Crippen molar-refractivity contribution in [3.05, 3.63) is 15.9 Å². The second-order valence-electron chi connectivity index (χ2n) is 3.39. The van der Waals surface area contributed by atoms with Crippen molar-refractivity contribution >= 4 is 38.2 Å². The molecule has 0 aliphatic heterocycles. The van der Waals surface area contributed by atoms with Crippen LogP contribution in [0.1, 0.15) is 6.42 Å². The van der Waals surface area contributed by atoms with Gasteiger partial charge in [0.2, 0.25) is 0 Å². The number of hydrogen-bond donors (Lipinski definition) is 1. The predicted molar refractivity (Wildman–Crippen MR) is 67.9 cm³/mol. The molecule has 0 saturated carbocycles. The van der Waals surface area contributed by atoms with Crippen LogP contribution in [0, 0.1) is 0 Å². The quantitative estimate of drug-likeness (QED) is 0.844. The number of rotatable bonds is 5. The molecule has 1 heterocycles. The fourth-order valence-corrected chi connectivity index (χ4v) is 2.59. The van der Waals surface area contributed by atoms with Crippen LogP contribution in [0.5, 0.6) is 0 Å². The number of likely N-dealkylation sites (N-methyl/N-ethyl adjacent to an activating group) is 1. The van der Waals surface area contributed by atoms with Gasteiger partial charge in [-0.1, -0.05) is 0 Å². The van der Waals surface area contributed by atoms with Crippen molar-refractivity contribution in [1.82, 2.24) is 0 Å². The Balaban J connectivity index is 2.45. The highest BCUT2D eigenvalue weighted by molar-refractivity contribution is 9.11. The van der Waals surface area contributed by atoms with Crippen molar-refractivity contribution in [2.75, 3.05) is 25.6 Å². The standard InChI is InChI=1S/C10H14BrNO3S/c1-12(9-4-3-8(11)16-9)6-7(13)5-10(14)15-2/h3-4,7,13H,5-6H2,1-2H3. The number of aliphatic hydroxyl groups excluding tert-OH is 1. The summed E-state index contributed by atoms with van der Waals surface area (Å²) in [4.78, 5) is 12.8. The summed E-state index contributed by atoms with van der Waals surface area (Å²) in [6.07, 6.45) is -0.689. The minimum atomic E-state index is -0.710. The largest absolute Gasteiger partial charge is 0.469 e. The number of carbonyl (C=O) groups is 1. The number of nitrogens with zero attached hydrogens (tertiary/aromatic N) is 1. The van der Waals surface area contributed by atoms with E-state index in [-0.39, 0.29) is 6.42 Å². The summed E-state index contributed by atoms with van der Waals surface area (Å²) in [5, 5.41) is 10.7. The molecule has 0 aliphatic carbocycles. The molecule has 1 rings (SSSR count). The van der Waals surface area contributed by atoms with Crippen LogP contribution < -0.4 is 4.90 Å². The Bertz CT molecular complexity index is 356. The normalized spacial score (nSPS) is 12.2. The summed E-state index contributed by atoms with van der Waals surface area (Å²) in [7, 11) is 3.19. The smallest absolute Gasteiger partial charge is 0.308 e. The number of ether oxygens (including phenoxy) is 1. The molecule has 6 heteroatoms. The number of carbonyl (C=O) groups excluding carboxylic acids is 1. The van der Waals surface area contributed by atoms with E-state index in [1.54, 1.807) is 11.3 Å². The van der Waals surface area contributed by atoms with Crippen molar-refractivity contribution in [3.8, 4) is 0 Å². The summed E-state index contributed by atoms with van der Waals surface area (Å²) in [6.45, 7) is 0.405. The van der Waals surface area contributed by atoms with Gasteiger partial charge < -0.3 is 14.7 Å². The molecule has 0 spiro atoms. The Hall–Kier alpha value is -0.590. The van der Waals surface area contributed by atoms with E-state index in [2.05, 4.69) is 20.7 Å². The summed E-state index contributed by atoms with van der Waals surface area (Å²) >= 11 is 4.95. The lowest BCUT2D eigenvalue weighted by Gasteiger charge is -2.20. The molecule has 1 N–H and O–H groups in total. The summed E-state index contributed by atoms with van der Waals surface area (Å²) < 4.78 is 5.53. The van der Waals surface area contributed by atoms with Gasteiger partial charge in [0.05, 0.1) is 28.4 Å². The molecule has 0 aliphatic rings. The van der Waals surface area contributed by atoms with E-state index in [0.29, 0.717) is 6.54 Å². The number of esters is 1. The van der Waals surface area contributed by atoms with Crippen LogP contribution in [-0.4, -0.2) is 37.9 Å². The third-order valence-corrected chi connectivity index (χ3v) is 3.79. The summed E-state index contributed by atoms with van der Waals surface area (Å²) in [5.74, 6) is -0.395. The van der Waals surface area contributed by atoms with Gasteiger partial charge in [0.1, 0.15) is 0 Å². The van der Waals surface area contributed by atoms with Gasteiger partial charge in [0.15, 0.2) is 0 Å². The van der Waals surface area contributed by atoms with E-state index >= 15 is 0 Å². The molecule has 1 unspecified atom stereocenters. The molecular formula is C10H14BrNO3S.